The molecule has 3 rings (SSSR count). The second kappa shape index (κ2) is 6.85. The van der Waals surface area contributed by atoms with Gasteiger partial charge in [-0.15, -0.1) is 0 Å². The Morgan fingerprint density at radius 3 is 2.64 bits per heavy atom. The van der Waals surface area contributed by atoms with Crippen LogP contribution < -0.4 is 5.56 Å². The van der Waals surface area contributed by atoms with Crippen molar-refractivity contribution in [3.8, 4) is 0 Å². The van der Waals surface area contributed by atoms with Gasteiger partial charge in [-0.3, -0.25) is 14.6 Å². The quantitative estimate of drug-likeness (QED) is 0.794. The fourth-order valence-corrected chi connectivity index (χ4v) is 2.67. The van der Waals surface area contributed by atoms with E-state index in [1.807, 2.05) is 6.92 Å². The average molecular weight is 303 g/mol. The third kappa shape index (κ3) is 3.61. The van der Waals surface area contributed by atoms with E-state index in [1.165, 1.54) is 4.68 Å². The van der Waals surface area contributed by atoms with E-state index in [2.05, 4.69) is 20.1 Å². The molecule has 0 aliphatic carbocycles. The SMILES string of the molecule is Cc1oncc1CN1CCN(CCn2ncccc2=O)CC1. The molecule has 1 saturated heterocycles. The minimum Gasteiger partial charge on any atom is -0.361 e. The molecular weight excluding hydrogens is 282 g/mol. The Balaban J connectivity index is 1.45. The van der Waals surface area contributed by atoms with E-state index >= 15 is 0 Å². The molecule has 2 aromatic rings. The van der Waals surface area contributed by atoms with Crippen molar-refractivity contribution in [2.75, 3.05) is 32.7 Å². The van der Waals surface area contributed by atoms with Crippen molar-refractivity contribution in [1.82, 2.24) is 24.7 Å². The molecule has 2 aromatic heterocycles. The highest BCUT2D eigenvalue weighted by molar-refractivity contribution is 5.11. The van der Waals surface area contributed by atoms with Gasteiger partial charge >= 0.3 is 0 Å². The van der Waals surface area contributed by atoms with E-state index < -0.39 is 0 Å². The number of nitrogens with zero attached hydrogens (tertiary/aromatic N) is 5. The van der Waals surface area contributed by atoms with Gasteiger partial charge in [0.25, 0.3) is 5.56 Å². The molecule has 0 radical (unpaired) electrons. The summed E-state index contributed by atoms with van der Waals surface area (Å²) < 4.78 is 6.62. The van der Waals surface area contributed by atoms with E-state index in [1.54, 1.807) is 24.5 Å². The van der Waals surface area contributed by atoms with Crippen molar-refractivity contribution in [2.24, 2.45) is 0 Å². The molecule has 3 heterocycles. The third-order valence-corrected chi connectivity index (χ3v) is 4.12. The summed E-state index contributed by atoms with van der Waals surface area (Å²) in [5.41, 5.74) is 1.12. The maximum absolute atomic E-state index is 11.6. The van der Waals surface area contributed by atoms with Gasteiger partial charge in [-0.1, -0.05) is 5.16 Å². The molecule has 0 N–H and O–H groups in total. The van der Waals surface area contributed by atoms with Crippen LogP contribution in [0.1, 0.15) is 11.3 Å². The zero-order chi connectivity index (χ0) is 15.4. The molecular formula is C15H21N5O2. The maximum Gasteiger partial charge on any atom is 0.266 e. The van der Waals surface area contributed by atoms with Crippen LogP contribution in [0.25, 0.3) is 0 Å². The maximum atomic E-state index is 11.6. The van der Waals surface area contributed by atoms with Gasteiger partial charge in [0, 0.05) is 57.1 Å². The van der Waals surface area contributed by atoms with E-state index in [0.717, 1.165) is 50.6 Å². The summed E-state index contributed by atoms with van der Waals surface area (Å²) in [5, 5.41) is 7.91. The van der Waals surface area contributed by atoms with Crippen molar-refractivity contribution in [2.45, 2.75) is 20.0 Å². The Bertz CT molecular complexity index is 658. The van der Waals surface area contributed by atoms with Gasteiger partial charge in [0.2, 0.25) is 0 Å². The molecule has 7 nitrogen and oxygen atoms in total. The summed E-state index contributed by atoms with van der Waals surface area (Å²) in [7, 11) is 0. The highest BCUT2D eigenvalue weighted by Gasteiger charge is 2.18. The standard InChI is InChI=1S/C15H21N5O2/c1-13-14(11-17-22-13)12-19-7-5-18(6-8-19)9-10-20-15(21)3-2-4-16-20/h2-4,11H,5-10,12H2,1H3. The van der Waals surface area contributed by atoms with Crippen LogP contribution in [0.3, 0.4) is 0 Å². The fraction of sp³-hybridized carbons (Fsp3) is 0.533. The number of aromatic nitrogens is 3. The van der Waals surface area contributed by atoms with Crippen molar-refractivity contribution < 1.29 is 4.52 Å². The monoisotopic (exact) mass is 303 g/mol. The highest BCUT2D eigenvalue weighted by atomic mass is 16.5. The van der Waals surface area contributed by atoms with Crippen LogP contribution in [0, 0.1) is 6.92 Å². The lowest BCUT2D eigenvalue weighted by Gasteiger charge is -2.34. The number of aryl methyl sites for hydroxylation is 1. The van der Waals surface area contributed by atoms with Gasteiger partial charge in [0.15, 0.2) is 0 Å². The zero-order valence-corrected chi connectivity index (χ0v) is 12.8. The van der Waals surface area contributed by atoms with Crippen molar-refractivity contribution >= 4 is 0 Å². The lowest BCUT2D eigenvalue weighted by atomic mass is 10.2. The molecule has 118 valence electrons. The van der Waals surface area contributed by atoms with Crippen molar-refractivity contribution in [1.29, 1.82) is 0 Å². The summed E-state index contributed by atoms with van der Waals surface area (Å²) in [6.45, 7) is 8.38. The van der Waals surface area contributed by atoms with E-state index in [9.17, 15) is 4.79 Å². The third-order valence-electron chi connectivity index (χ3n) is 4.12. The molecule has 0 amide bonds. The van der Waals surface area contributed by atoms with Crippen molar-refractivity contribution in [3.05, 3.63) is 46.2 Å². The summed E-state index contributed by atoms with van der Waals surface area (Å²) in [4.78, 5) is 16.4. The lowest BCUT2D eigenvalue weighted by Crippen LogP contribution is -2.47. The predicted molar refractivity (Wildman–Crippen MR) is 81.5 cm³/mol. The van der Waals surface area contributed by atoms with E-state index in [4.69, 9.17) is 4.52 Å². The van der Waals surface area contributed by atoms with Crippen LogP contribution >= 0.6 is 0 Å². The Kier molecular flexibility index (Phi) is 4.65. The minimum atomic E-state index is -0.0379. The molecule has 0 bridgehead atoms. The number of rotatable bonds is 5. The van der Waals surface area contributed by atoms with Gasteiger partial charge in [0.05, 0.1) is 12.7 Å². The summed E-state index contributed by atoms with van der Waals surface area (Å²) >= 11 is 0. The molecule has 0 spiro atoms. The molecule has 22 heavy (non-hydrogen) atoms. The lowest BCUT2D eigenvalue weighted by molar-refractivity contribution is 0.122. The van der Waals surface area contributed by atoms with Crippen LogP contribution in [-0.2, 0) is 13.1 Å². The van der Waals surface area contributed by atoms with Crippen LogP contribution in [0.4, 0.5) is 0 Å². The second-order valence-electron chi connectivity index (χ2n) is 5.61. The fourth-order valence-electron chi connectivity index (χ4n) is 2.67. The first-order chi connectivity index (χ1) is 10.7. The normalized spacial score (nSPS) is 17.0. The topological polar surface area (TPSA) is 67.4 Å². The Morgan fingerprint density at radius 2 is 1.95 bits per heavy atom. The van der Waals surface area contributed by atoms with Crippen LogP contribution in [0.2, 0.25) is 0 Å². The minimum absolute atomic E-state index is 0.0379. The smallest absolute Gasteiger partial charge is 0.266 e. The van der Waals surface area contributed by atoms with Crippen LogP contribution in [0.5, 0.6) is 0 Å². The van der Waals surface area contributed by atoms with Crippen LogP contribution in [-0.4, -0.2) is 57.5 Å². The largest absolute Gasteiger partial charge is 0.361 e. The van der Waals surface area contributed by atoms with Gasteiger partial charge < -0.3 is 4.52 Å². The van der Waals surface area contributed by atoms with Gasteiger partial charge in [-0.2, -0.15) is 5.10 Å². The summed E-state index contributed by atoms with van der Waals surface area (Å²) in [5.74, 6) is 0.900. The van der Waals surface area contributed by atoms with E-state index in [-0.39, 0.29) is 5.56 Å². The van der Waals surface area contributed by atoms with Crippen molar-refractivity contribution in [3.63, 3.8) is 0 Å². The van der Waals surface area contributed by atoms with Gasteiger partial charge in [-0.25, -0.2) is 4.68 Å². The number of hydrogen-bond acceptors (Lipinski definition) is 6. The molecule has 0 atom stereocenters. The Labute approximate surface area is 129 Å². The molecule has 0 unspecified atom stereocenters. The van der Waals surface area contributed by atoms with Gasteiger partial charge in [-0.05, 0) is 13.0 Å². The van der Waals surface area contributed by atoms with Gasteiger partial charge in [0.1, 0.15) is 5.76 Å². The van der Waals surface area contributed by atoms with Crippen LogP contribution in [0.15, 0.2) is 33.8 Å². The highest BCUT2D eigenvalue weighted by Crippen LogP contribution is 2.11. The number of piperazine rings is 1. The zero-order valence-electron chi connectivity index (χ0n) is 12.8. The summed E-state index contributed by atoms with van der Waals surface area (Å²) in [6, 6.07) is 3.22. The molecule has 1 aliphatic heterocycles. The first kappa shape index (κ1) is 14.9. The molecule has 7 heteroatoms. The first-order valence-electron chi connectivity index (χ1n) is 7.59. The molecule has 1 fully saturated rings. The first-order valence-corrected chi connectivity index (χ1v) is 7.59. The predicted octanol–water partition coefficient (Wildman–Crippen LogP) is 0.358. The Hall–Kier alpha value is -1.99. The average Bonchev–Trinajstić information content (AvgIpc) is 2.93. The number of hydrogen-bond donors (Lipinski definition) is 0. The molecule has 1 aliphatic rings. The second-order valence-corrected chi connectivity index (χ2v) is 5.61. The Morgan fingerprint density at radius 1 is 1.18 bits per heavy atom. The van der Waals surface area contributed by atoms with E-state index in [0.29, 0.717) is 6.54 Å². The molecule has 0 saturated carbocycles. The summed E-state index contributed by atoms with van der Waals surface area (Å²) in [6.07, 6.45) is 3.45. The molecule has 0 aromatic carbocycles.